The van der Waals surface area contributed by atoms with E-state index in [9.17, 15) is 0 Å². The quantitative estimate of drug-likeness (QED) is 0.699. The summed E-state index contributed by atoms with van der Waals surface area (Å²) < 4.78 is 17.2. The number of rotatable bonds is 5. The van der Waals surface area contributed by atoms with Gasteiger partial charge in [0.05, 0.1) is 18.1 Å². The van der Waals surface area contributed by atoms with E-state index >= 15 is 0 Å². The van der Waals surface area contributed by atoms with Crippen molar-refractivity contribution < 1.29 is 14.0 Å². The number of hydrogen-bond acceptors (Lipinski definition) is 6. The molecule has 3 atom stereocenters. The Kier molecular flexibility index (Phi) is 3.90. The second-order valence-corrected chi connectivity index (χ2v) is 6.85. The van der Waals surface area contributed by atoms with E-state index in [2.05, 4.69) is 15.1 Å². The van der Waals surface area contributed by atoms with E-state index in [0.29, 0.717) is 24.4 Å². The van der Waals surface area contributed by atoms with Crippen LogP contribution in [0.25, 0.3) is 11.4 Å². The smallest absolute Gasteiger partial charge is 0.232 e. The van der Waals surface area contributed by atoms with Gasteiger partial charge in [-0.1, -0.05) is 11.2 Å². The van der Waals surface area contributed by atoms with E-state index in [1.807, 2.05) is 36.4 Å². The normalized spacial score (nSPS) is 24.1. The molecule has 2 saturated heterocycles. The minimum atomic E-state index is 0.247. The molecule has 2 fully saturated rings. The van der Waals surface area contributed by atoms with Crippen LogP contribution >= 0.6 is 0 Å². The average molecular weight is 349 g/mol. The maximum atomic E-state index is 5.88. The monoisotopic (exact) mass is 349 g/mol. The first-order valence-electron chi connectivity index (χ1n) is 8.96. The van der Waals surface area contributed by atoms with E-state index in [-0.39, 0.29) is 12.0 Å². The van der Waals surface area contributed by atoms with Crippen molar-refractivity contribution in [1.29, 1.82) is 0 Å². The van der Waals surface area contributed by atoms with Gasteiger partial charge in [-0.25, -0.2) is 0 Å². The van der Waals surface area contributed by atoms with Gasteiger partial charge in [0.1, 0.15) is 12.4 Å². The van der Waals surface area contributed by atoms with Gasteiger partial charge >= 0.3 is 0 Å². The number of aromatic nitrogens is 3. The fourth-order valence-corrected chi connectivity index (χ4v) is 3.75. The highest BCUT2D eigenvalue weighted by molar-refractivity contribution is 5.55. The van der Waals surface area contributed by atoms with Crippen molar-refractivity contribution in [2.45, 2.75) is 44.0 Å². The largest absolute Gasteiger partial charge is 0.489 e. The SMILES string of the molecule is c1cncc(COc2ccc(-c3noc(C4CC5CCC4O5)n3)cc2)c1. The Hall–Kier alpha value is -2.73. The zero-order valence-corrected chi connectivity index (χ0v) is 14.2. The van der Waals surface area contributed by atoms with Gasteiger partial charge in [0, 0.05) is 23.5 Å². The van der Waals surface area contributed by atoms with Gasteiger partial charge in [0.25, 0.3) is 0 Å². The molecule has 3 unspecified atom stereocenters. The molecule has 0 aliphatic carbocycles. The van der Waals surface area contributed by atoms with Crippen LogP contribution < -0.4 is 4.74 Å². The highest BCUT2D eigenvalue weighted by Crippen LogP contribution is 2.44. The van der Waals surface area contributed by atoms with E-state index in [1.54, 1.807) is 12.4 Å². The molecule has 0 spiro atoms. The molecule has 2 aliphatic rings. The molecule has 0 N–H and O–H groups in total. The molecule has 3 aromatic rings. The molecular weight excluding hydrogens is 330 g/mol. The fraction of sp³-hybridized carbons (Fsp3) is 0.350. The van der Waals surface area contributed by atoms with Crippen LogP contribution in [0.3, 0.4) is 0 Å². The number of ether oxygens (including phenoxy) is 2. The molecule has 2 aliphatic heterocycles. The summed E-state index contributed by atoms with van der Waals surface area (Å²) in [5.41, 5.74) is 1.95. The summed E-state index contributed by atoms with van der Waals surface area (Å²) in [4.78, 5) is 8.68. The van der Waals surface area contributed by atoms with Crippen LogP contribution in [0.5, 0.6) is 5.75 Å². The lowest BCUT2D eigenvalue weighted by molar-refractivity contribution is 0.0974. The van der Waals surface area contributed by atoms with Crippen LogP contribution in [0, 0.1) is 0 Å². The van der Waals surface area contributed by atoms with Crippen molar-refractivity contribution >= 4 is 0 Å². The average Bonchev–Trinajstić information content (AvgIpc) is 3.44. The predicted octanol–water partition coefficient (Wildman–Crippen LogP) is 3.75. The molecule has 4 heterocycles. The summed E-state index contributed by atoms with van der Waals surface area (Å²) in [6.07, 6.45) is 7.41. The Labute approximate surface area is 151 Å². The molecule has 0 saturated carbocycles. The molecule has 26 heavy (non-hydrogen) atoms. The highest BCUT2D eigenvalue weighted by atomic mass is 16.5. The molecule has 132 valence electrons. The lowest BCUT2D eigenvalue weighted by Gasteiger charge is -2.13. The Morgan fingerprint density at radius 3 is 2.77 bits per heavy atom. The summed E-state index contributed by atoms with van der Waals surface area (Å²) in [6.45, 7) is 0.490. The summed E-state index contributed by atoms with van der Waals surface area (Å²) in [7, 11) is 0. The van der Waals surface area contributed by atoms with Gasteiger partial charge in [-0.2, -0.15) is 4.98 Å². The molecule has 1 aromatic carbocycles. The summed E-state index contributed by atoms with van der Waals surface area (Å²) in [6, 6.07) is 11.6. The van der Waals surface area contributed by atoms with Crippen LogP contribution in [-0.4, -0.2) is 27.3 Å². The van der Waals surface area contributed by atoms with Crippen LogP contribution in [0.15, 0.2) is 53.3 Å². The molecule has 0 radical (unpaired) electrons. The van der Waals surface area contributed by atoms with E-state index < -0.39 is 0 Å². The topological polar surface area (TPSA) is 70.3 Å². The van der Waals surface area contributed by atoms with Gasteiger partial charge < -0.3 is 14.0 Å². The van der Waals surface area contributed by atoms with E-state index in [4.69, 9.17) is 14.0 Å². The zero-order valence-electron chi connectivity index (χ0n) is 14.2. The minimum absolute atomic E-state index is 0.247. The summed E-state index contributed by atoms with van der Waals surface area (Å²) in [5.74, 6) is 2.35. The third-order valence-electron chi connectivity index (χ3n) is 5.11. The Morgan fingerprint density at radius 2 is 2.04 bits per heavy atom. The maximum Gasteiger partial charge on any atom is 0.232 e. The standard InChI is InChI=1S/C20H19N3O3/c1-2-13(11-21-9-1)12-24-15-5-3-14(4-6-15)19-22-20(26-23-19)17-10-16-7-8-18(17)25-16/h1-6,9,11,16-18H,7-8,10,12H2. The third-order valence-corrected chi connectivity index (χ3v) is 5.11. The van der Waals surface area contributed by atoms with Gasteiger partial charge in [0.15, 0.2) is 0 Å². The van der Waals surface area contributed by atoms with Crippen molar-refractivity contribution in [3.05, 3.63) is 60.2 Å². The second kappa shape index (κ2) is 6.53. The van der Waals surface area contributed by atoms with Gasteiger partial charge in [0.2, 0.25) is 11.7 Å². The number of nitrogens with zero attached hydrogens (tertiary/aromatic N) is 3. The zero-order chi connectivity index (χ0) is 17.3. The summed E-state index contributed by atoms with van der Waals surface area (Å²) in [5, 5.41) is 4.15. The molecular formula is C20H19N3O3. The van der Waals surface area contributed by atoms with E-state index in [1.165, 1.54) is 0 Å². The Bertz CT molecular complexity index is 879. The highest BCUT2D eigenvalue weighted by Gasteiger charge is 2.44. The van der Waals surface area contributed by atoms with E-state index in [0.717, 1.165) is 36.1 Å². The van der Waals surface area contributed by atoms with Crippen LogP contribution in [0.1, 0.15) is 36.6 Å². The van der Waals surface area contributed by atoms with Crippen LogP contribution in [0.4, 0.5) is 0 Å². The first-order chi connectivity index (χ1) is 12.8. The molecule has 6 heteroatoms. The number of pyridine rings is 1. The fourth-order valence-electron chi connectivity index (χ4n) is 3.75. The molecule has 2 bridgehead atoms. The first kappa shape index (κ1) is 15.5. The van der Waals surface area contributed by atoms with Crippen molar-refractivity contribution in [3.63, 3.8) is 0 Å². The molecule has 6 nitrogen and oxygen atoms in total. The molecule has 0 amide bonds. The second-order valence-electron chi connectivity index (χ2n) is 6.85. The van der Waals surface area contributed by atoms with Crippen LogP contribution in [0.2, 0.25) is 0 Å². The maximum absolute atomic E-state index is 5.88. The minimum Gasteiger partial charge on any atom is -0.489 e. The van der Waals surface area contributed by atoms with Crippen LogP contribution in [-0.2, 0) is 11.3 Å². The Balaban J connectivity index is 1.26. The number of fused-ring (bicyclic) bond motifs is 2. The van der Waals surface area contributed by atoms with Gasteiger partial charge in [-0.15, -0.1) is 0 Å². The van der Waals surface area contributed by atoms with Gasteiger partial charge in [-0.3, -0.25) is 4.98 Å². The van der Waals surface area contributed by atoms with Crippen molar-refractivity contribution in [2.24, 2.45) is 0 Å². The van der Waals surface area contributed by atoms with Gasteiger partial charge in [-0.05, 0) is 49.6 Å². The number of benzene rings is 1. The third kappa shape index (κ3) is 2.97. The van der Waals surface area contributed by atoms with Crippen molar-refractivity contribution in [3.8, 4) is 17.1 Å². The van der Waals surface area contributed by atoms with Crippen molar-refractivity contribution in [2.75, 3.05) is 0 Å². The molecule has 2 aromatic heterocycles. The lowest BCUT2D eigenvalue weighted by Crippen LogP contribution is -2.14. The predicted molar refractivity (Wildman–Crippen MR) is 93.6 cm³/mol. The lowest BCUT2D eigenvalue weighted by atomic mass is 9.89. The first-order valence-corrected chi connectivity index (χ1v) is 8.96. The Morgan fingerprint density at radius 1 is 1.12 bits per heavy atom. The summed E-state index contributed by atoms with van der Waals surface area (Å²) >= 11 is 0. The number of hydrogen-bond donors (Lipinski definition) is 0. The molecule has 5 rings (SSSR count). The van der Waals surface area contributed by atoms with Crippen molar-refractivity contribution in [1.82, 2.24) is 15.1 Å².